The van der Waals surface area contributed by atoms with Gasteiger partial charge in [-0.1, -0.05) is 35.0 Å². The largest absolute Gasteiger partial charge is 0.486 e. The number of nitrogens with zero attached hydrogens (tertiary/aromatic N) is 2. The number of ether oxygens (including phenoxy) is 2. The predicted octanol–water partition coefficient (Wildman–Crippen LogP) is 4.10. The van der Waals surface area contributed by atoms with E-state index in [2.05, 4.69) is 21.2 Å². The highest BCUT2D eigenvalue weighted by Crippen LogP contribution is 2.34. The number of fused-ring (bicyclic) bond motifs is 1. The zero-order valence-corrected chi connectivity index (χ0v) is 24.7. The summed E-state index contributed by atoms with van der Waals surface area (Å²) in [4.78, 5) is 27.9. The van der Waals surface area contributed by atoms with E-state index in [-0.39, 0.29) is 43.8 Å². The van der Waals surface area contributed by atoms with Crippen LogP contribution in [-0.2, 0) is 26.2 Å². The summed E-state index contributed by atoms with van der Waals surface area (Å²) in [6, 6.07) is 11.9. The Morgan fingerprint density at radius 3 is 2.34 bits per heavy atom. The van der Waals surface area contributed by atoms with E-state index in [9.17, 15) is 18.0 Å². The third kappa shape index (κ3) is 8.10. The first-order valence-corrected chi connectivity index (χ1v) is 15.4. The van der Waals surface area contributed by atoms with E-state index in [0.29, 0.717) is 30.4 Å². The average molecular weight is 611 g/mol. The zero-order valence-electron chi connectivity index (χ0n) is 22.3. The lowest BCUT2D eigenvalue weighted by molar-refractivity contribution is -0.140. The number of rotatable bonds is 12. The second-order valence-electron chi connectivity index (χ2n) is 9.41. The van der Waals surface area contributed by atoms with Gasteiger partial charge in [0.15, 0.2) is 11.5 Å². The number of sulfonamides is 1. The first-order valence-electron chi connectivity index (χ1n) is 12.7. The fraction of sp³-hybridized carbons (Fsp3) is 0.481. The monoisotopic (exact) mass is 609 g/mol. The van der Waals surface area contributed by atoms with Crippen LogP contribution in [-0.4, -0.2) is 63.2 Å². The number of carbonyl (C=O) groups is 2. The highest BCUT2D eigenvalue weighted by atomic mass is 79.9. The van der Waals surface area contributed by atoms with E-state index in [1.807, 2.05) is 38.1 Å². The Hall–Kier alpha value is -2.79. The quantitative estimate of drug-likeness (QED) is 0.388. The molecule has 1 aliphatic heterocycles. The van der Waals surface area contributed by atoms with Gasteiger partial charge in [0.25, 0.3) is 0 Å². The summed E-state index contributed by atoms with van der Waals surface area (Å²) in [5, 5.41) is 2.95. The van der Waals surface area contributed by atoms with Crippen molar-refractivity contribution in [2.24, 2.45) is 0 Å². The molecule has 38 heavy (non-hydrogen) atoms. The van der Waals surface area contributed by atoms with Crippen molar-refractivity contribution >= 4 is 43.5 Å². The van der Waals surface area contributed by atoms with E-state index < -0.39 is 16.1 Å². The third-order valence-electron chi connectivity index (χ3n) is 6.40. The molecule has 0 aromatic heterocycles. The molecule has 0 fully saturated rings. The molecule has 208 valence electrons. The van der Waals surface area contributed by atoms with Crippen LogP contribution in [0.15, 0.2) is 46.9 Å². The van der Waals surface area contributed by atoms with Crippen molar-refractivity contribution in [3.8, 4) is 11.5 Å². The van der Waals surface area contributed by atoms with Crippen LogP contribution in [0, 0.1) is 0 Å². The van der Waals surface area contributed by atoms with Gasteiger partial charge in [-0.2, -0.15) is 0 Å². The molecule has 1 aliphatic rings. The molecule has 1 heterocycles. The molecule has 0 bridgehead atoms. The fourth-order valence-electron chi connectivity index (χ4n) is 4.03. The molecule has 9 nitrogen and oxygen atoms in total. The normalized spacial score (nSPS) is 14.3. The number of nitrogens with one attached hydrogen (secondary N) is 1. The average Bonchev–Trinajstić information content (AvgIpc) is 2.89. The van der Waals surface area contributed by atoms with Crippen LogP contribution in [0.4, 0.5) is 5.69 Å². The molecule has 0 saturated carbocycles. The summed E-state index contributed by atoms with van der Waals surface area (Å²) >= 11 is 3.42. The van der Waals surface area contributed by atoms with Crippen molar-refractivity contribution in [2.75, 3.05) is 30.3 Å². The van der Waals surface area contributed by atoms with Gasteiger partial charge in [0, 0.05) is 36.1 Å². The highest BCUT2D eigenvalue weighted by molar-refractivity contribution is 9.10. The van der Waals surface area contributed by atoms with Gasteiger partial charge in [-0.05, 0) is 56.5 Å². The van der Waals surface area contributed by atoms with Gasteiger partial charge >= 0.3 is 0 Å². The van der Waals surface area contributed by atoms with Crippen LogP contribution < -0.4 is 19.1 Å². The lowest BCUT2D eigenvalue weighted by atomic mass is 10.1. The van der Waals surface area contributed by atoms with Gasteiger partial charge in [0.2, 0.25) is 21.8 Å². The minimum atomic E-state index is -3.62. The molecule has 0 radical (unpaired) electrons. The highest BCUT2D eigenvalue weighted by Gasteiger charge is 2.27. The Bertz CT molecular complexity index is 1220. The zero-order chi connectivity index (χ0) is 27.9. The Labute approximate surface area is 233 Å². The minimum absolute atomic E-state index is 0.0103. The molecule has 0 spiro atoms. The Morgan fingerprint density at radius 1 is 1.05 bits per heavy atom. The number of benzene rings is 2. The van der Waals surface area contributed by atoms with E-state index in [0.717, 1.165) is 22.7 Å². The molecule has 1 N–H and O–H groups in total. The second kappa shape index (κ2) is 13.3. The number of hydrogen-bond acceptors (Lipinski definition) is 6. The summed E-state index contributed by atoms with van der Waals surface area (Å²) in [6.07, 6.45) is 2.26. The maximum atomic E-state index is 13.4. The van der Waals surface area contributed by atoms with Gasteiger partial charge in [0.1, 0.15) is 19.3 Å². The van der Waals surface area contributed by atoms with Crippen LogP contribution >= 0.6 is 15.9 Å². The van der Waals surface area contributed by atoms with Crippen LogP contribution in [0.2, 0.25) is 0 Å². The minimum Gasteiger partial charge on any atom is -0.486 e. The third-order valence-corrected chi connectivity index (χ3v) is 8.12. The molecule has 2 amide bonds. The Balaban J connectivity index is 1.73. The predicted molar refractivity (Wildman–Crippen MR) is 151 cm³/mol. The molecule has 2 atom stereocenters. The van der Waals surface area contributed by atoms with Crippen molar-refractivity contribution in [1.82, 2.24) is 10.2 Å². The Morgan fingerprint density at radius 2 is 1.71 bits per heavy atom. The van der Waals surface area contributed by atoms with Gasteiger partial charge in [0.05, 0.1) is 11.9 Å². The summed E-state index contributed by atoms with van der Waals surface area (Å²) < 4.78 is 38.5. The summed E-state index contributed by atoms with van der Waals surface area (Å²) in [5.74, 6) is 0.603. The summed E-state index contributed by atoms with van der Waals surface area (Å²) in [5.41, 5.74) is 1.33. The molecule has 0 aliphatic carbocycles. The van der Waals surface area contributed by atoms with Crippen molar-refractivity contribution in [3.63, 3.8) is 0 Å². The van der Waals surface area contributed by atoms with Crippen molar-refractivity contribution < 1.29 is 27.5 Å². The first-order chi connectivity index (χ1) is 18.0. The van der Waals surface area contributed by atoms with E-state index in [1.54, 1.807) is 30.0 Å². The SMILES string of the molecule is CC[C@H](C)NC(=O)[C@H](C)N(Cc1ccc(Br)cc1)C(=O)CCCN(c1ccc2c(c1)OCCO2)S(C)(=O)=O. The van der Waals surface area contributed by atoms with Crippen LogP contribution in [0.25, 0.3) is 0 Å². The molecular weight excluding hydrogens is 574 g/mol. The number of amides is 2. The van der Waals surface area contributed by atoms with E-state index >= 15 is 0 Å². The molecule has 3 rings (SSSR count). The lowest BCUT2D eigenvalue weighted by Crippen LogP contribution is -2.49. The van der Waals surface area contributed by atoms with Gasteiger partial charge in [-0.15, -0.1) is 0 Å². The van der Waals surface area contributed by atoms with Crippen molar-refractivity contribution in [2.45, 2.75) is 58.7 Å². The summed E-state index contributed by atoms with van der Waals surface area (Å²) in [6.45, 7) is 6.81. The lowest BCUT2D eigenvalue weighted by Gasteiger charge is -2.30. The molecule has 2 aromatic carbocycles. The Kier molecular flexibility index (Phi) is 10.4. The fourth-order valence-corrected chi connectivity index (χ4v) is 5.25. The molecular formula is C27H36BrN3O6S. The van der Waals surface area contributed by atoms with Crippen LogP contribution in [0.3, 0.4) is 0 Å². The van der Waals surface area contributed by atoms with Gasteiger partial charge in [-0.3, -0.25) is 13.9 Å². The topological polar surface area (TPSA) is 105 Å². The van der Waals surface area contributed by atoms with Crippen LogP contribution in [0.1, 0.15) is 45.6 Å². The molecule has 0 unspecified atom stereocenters. The standard InChI is InChI=1S/C27H36BrN3O6S/c1-5-19(2)29-27(33)20(3)30(18-21-8-10-22(28)11-9-21)26(32)7-6-14-31(38(4,34)35)23-12-13-24-25(17-23)37-16-15-36-24/h8-13,17,19-20H,5-7,14-16,18H2,1-4H3,(H,29,33)/t19-,20-/m0/s1. The van der Waals surface area contributed by atoms with Crippen molar-refractivity contribution in [3.05, 3.63) is 52.5 Å². The maximum Gasteiger partial charge on any atom is 0.242 e. The van der Waals surface area contributed by atoms with Crippen molar-refractivity contribution in [1.29, 1.82) is 0 Å². The molecule has 11 heteroatoms. The van der Waals surface area contributed by atoms with E-state index in [4.69, 9.17) is 9.47 Å². The number of halogens is 1. The summed E-state index contributed by atoms with van der Waals surface area (Å²) in [7, 11) is -3.62. The first kappa shape index (κ1) is 29.8. The molecule has 0 saturated heterocycles. The second-order valence-corrected chi connectivity index (χ2v) is 12.2. The van der Waals surface area contributed by atoms with Gasteiger partial charge < -0.3 is 19.7 Å². The smallest absolute Gasteiger partial charge is 0.242 e. The van der Waals surface area contributed by atoms with E-state index in [1.165, 1.54) is 4.31 Å². The number of carbonyl (C=O) groups excluding carboxylic acids is 2. The number of hydrogen-bond donors (Lipinski definition) is 1. The number of anilines is 1. The van der Waals surface area contributed by atoms with Crippen LogP contribution in [0.5, 0.6) is 11.5 Å². The maximum absolute atomic E-state index is 13.4. The molecule has 2 aromatic rings. The van der Waals surface area contributed by atoms with Gasteiger partial charge in [-0.25, -0.2) is 8.42 Å².